The van der Waals surface area contributed by atoms with Gasteiger partial charge in [0.15, 0.2) is 6.10 Å². The first-order valence-corrected chi connectivity index (χ1v) is 21.9. The second-order valence-electron chi connectivity index (χ2n) is 14.8. The number of phosphoric acid groups is 1. The maximum Gasteiger partial charge on any atom is 0.472 e. The standard InChI is InChI=1S/C42H76NO8P/c1-6-8-10-12-14-16-18-20-21-23-25-27-29-31-33-35-42(45)51-40(39-50-52(46,47)49-37-36-43(3,4)5)38-48-41(44)34-32-30-28-26-24-22-19-17-15-13-11-9-7-2/h21,23,25,27,29,31,33,35,40H,6-20,22,24,26,28,30,32,34,36-39H2,1-5H3/p+1/b23-21-,27-25+,31-29?,35-33?/t40-/m1/s1. The molecule has 1 N–H and O–H groups in total. The number of esters is 2. The van der Waals surface area contributed by atoms with Crippen molar-refractivity contribution in [3.8, 4) is 0 Å². The molecule has 0 aromatic carbocycles. The first kappa shape index (κ1) is 50.0. The maximum absolute atomic E-state index is 12.5. The van der Waals surface area contributed by atoms with Gasteiger partial charge in [-0.3, -0.25) is 13.8 Å². The summed E-state index contributed by atoms with van der Waals surface area (Å²) in [5, 5.41) is 0. The van der Waals surface area contributed by atoms with Crippen molar-refractivity contribution in [1.82, 2.24) is 0 Å². The van der Waals surface area contributed by atoms with Gasteiger partial charge in [0, 0.05) is 12.5 Å². The molecule has 0 aliphatic rings. The highest BCUT2D eigenvalue weighted by Gasteiger charge is 2.26. The molecule has 1 unspecified atom stereocenters. The number of nitrogens with zero attached hydrogens (tertiary/aromatic N) is 1. The van der Waals surface area contributed by atoms with Gasteiger partial charge in [0.05, 0.1) is 27.7 Å². The normalized spacial score (nSPS) is 14.2. The molecular weight excluding hydrogens is 677 g/mol. The summed E-state index contributed by atoms with van der Waals surface area (Å²) in [6.45, 7) is 4.23. The fraction of sp³-hybridized carbons (Fsp3) is 0.762. The summed E-state index contributed by atoms with van der Waals surface area (Å²) >= 11 is 0. The van der Waals surface area contributed by atoms with Crippen molar-refractivity contribution in [3.63, 3.8) is 0 Å². The number of hydrogen-bond acceptors (Lipinski definition) is 7. The molecule has 0 saturated heterocycles. The molecule has 9 nitrogen and oxygen atoms in total. The number of rotatable bonds is 36. The average Bonchev–Trinajstić information content (AvgIpc) is 3.09. The highest BCUT2D eigenvalue weighted by molar-refractivity contribution is 7.47. The molecule has 52 heavy (non-hydrogen) atoms. The Kier molecular flexibility index (Phi) is 33.4. The van der Waals surface area contributed by atoms with Gasteiger partial charge >= 0.3 is 19.8 Å². The van der Waals surface area contributed by atoms with Crippen LogP contribution in [0.5, 0.6) is 0 Å². The van der Waals surface area contributed by atoms with Crippen LogP contribution in [0.2, 0.25) is 0 Å². The number of carbonyl (C=O) groups is 2. The van der Waals surface area contributed by atoms with Gasteiger partial charge in [-0.25, -0.2) is 9.36 Å². The molecule has 0 fully saturated rings. The van der Waals surface area contributed by atoms with Crippen LogP contribution in [-0.2, 0) is 32.7 Å². The van der Waals surface area contributed by atoms with Crippen LogP contribution in [0.25, 0.3) is 0 Å². The third kappa shape index (κ3) is 37.7. The predicted octanol–water partition coefficient (Wildman–Crippen LogP) is 11.1. The minimum absolute atomic E-state index is 0.00828. The Morgan fingerprint density at radius 2 is 1.12 bits per heavy atom. The lowest BCUT2D eigenvalue weighted by Gasteiger charge is -2.24. The van der Waals surface area contributed by atoms with Crippen LogP contribution in [0.1, 0.15) is 155 Å². The topological polar surface area (TPSA) is 108 Å². The van der Waals surface area contributed by atoms with Crippen molar-refractivity contribution in [3.05, 3.63) is 48.6 Å². The Hall–Kier alpha value is -2.03. The molecule has 0 aromatic rings. The Morgan fingerprint density at radius 1 is 0.635 bits per heavy atom. The lowest BCUT2D eigenvalue weighted by Crippen LogP contribution is -2.37. The summed E-state index contributed by atoms with van der Waals surface area (Å²) < 4.78 is 33.9. The quantitative estimate of drug-likeness (QED) is 0.0168. The zero-order valence-electron chi connectivity index (χ0n) is 33.8. The van der Waals surface area contributed by atoms with Gasteiger partial charge in [-0.2, -0.15) is 0 Å². The van der Waals surface area contributed by atoms with Crippen LogP contribution < -0.4 is 0 Å². The Morgan fingerprint density at radius 3 is 1.65 bits per heavy atom. The summed E-state index contributed by atoms with van der Waals surface area (Å²) in [5.74, 6) is -1.10. The lowest BCUT2D eigenvalue weighted by atomic mass is 10.0. The zero-order valence-corrected chi connectivity index (χ0v) is 34.7. The smallest absolute Gasteiger partial charge is 0.462 e. The van der Waals surface area contributed by atoms with E-state index in [1.165, 1.54) is 121 Å². The largest absolute Gasteiger partial charge is 0.472 e. The van der Waals surface area contributed by atoms with Crippen LogP contribution in [-0.4, -0.2) is 74.9 Å². The molecule has 0 spiro atoms. The zero-order chi connectivity index (χ0) is 38.6. The van der Waals surface area contributed by atoms with E-state index in [-0.39, 0.29) is 19.6 Å². The molecule has 0 saturated carbocycles. The van der Waals surface area contributed by atoms with Crippen molar-refractivity contribution >= 4 is 19.8 Å². The van der Waals surface area contributed by atoms with E-state index in [9.17, 15) is 19.0 Å². The number of hydrogen-bond donors (Lipinski definition) is 1. The number of quaternary nitrogens is 1. The summed E-state index contributed by atoms with van der Waals surface area (Å²) in [6.07, 6.45) is 39.4. The van der Waals surface area contributed by atoms with Gasteiger partial charge in [-0.15, -0.1) is 0 Å². The molecule has 302 valence electrons. The van der Waals surface area contributed by atoms with Gasteiger partial charge < -0.3 is 18.9 Å². The van der Waals surface area contributed by atoms with Crippen LogP contribution >= 0.6 is 7.82 Å². The molecule has 0 aromatic heterocycles. The monoisotopic (exact) mass is 755 g/mol. The van der Waals surface area contributed by atoms with Crippen LogP contribution in [0.15, 0.2) is 48.6 Å². The van der Waals surface area contributed by atoms with Gasteiger partial charge in [-0.1, -0.05) is 172 Å². The number of phosphoric ester groups is 1. The van der Waals surface area contributed by atoms with Gasteiger partial charge in [0.2, 0.25) is 0 Å². The van der Waals surface area contributed by atoms with Crippen molar-refractivity contribution in [1.29, 1.82) is 0 Å². The summed E-state index contributed by atoms with van der Waals surface area (Å²) in [6, 6.07) is 0. The molecule has 0 aliphatic carbocycles. The molecule has 0 aliphatic heterocycles. The number of likely N-dealkylation sites (N-methyl/N-ethyl adjacent to an activating group) is 1. The minimum atomic E-state index is -4.40. The molecule has 0 bridgehead atoms. The third-order valence-electron chi connectivity index (χ3n) is 8.54. The molecule has 0 rings (SSSR count). The summed E-state index contributed by atoms with van der Waals surface area (Å²) in [5.41, 5.74) is 0. The van der Waals surface area contributed by atoms with E-state index in [4.69, 9.17) is 18.5 Å². The molecule has 10 heteroatoms. The van der Waals surface area contributed by atoms with Crippen molar-refractivity contribution in [2.45, 2.75) is 161 Å². The van der Waals surface area contributed by atoms with Crippen molar-refractivity contribution in [2.75, 3.05) is 47.5 Å². The molecule has 0 heterocycles. The van der Waals surface area contributed by atoms with Crippen molar-refractivity contribution < 1.29 is 42.1 Å². The second kappa shape index (κ2) is 34.7. The van der Waals surface area contributed by atoms with E-state index >= 15 is 0 Å². The van der Waals surface area contributed by atoms with Gasteiger partial charge in [0.25, 0.3) is 0 Å². The number of allylic oxidation sites excluding steroid dienone is 7. The van der Waals surface area contributed by atoms with Gasteiger partial charge in [0.1, 0.15) is 19.8 Å². The first-order chi connectivity index (χ1) is 25.0. The van der Waals surface area contributed by atoms with E-state index in [0.29, 0.717) is 11.0 Å². The summed E-state index contributed by atoms with van der Waals surface area (Å²) in [7, 11) is 1.40. The fourth-order valence-electron chi connectivity index (χ4n) is 5.29. The lowest BCUT2D eigenvalue weighted by molar-refractivity contribution is -0.870. The molecule has 0 amide bonds. The van der Waals surface area contributed by atoms with E-state index in [0.717, 1.165) is 25.7 Å². The number of unbranched alkanes of at least 4 members (excludes halogenated alkanes) is 19. The SMILES string of the molecule is CCCCCCCCC/C=C\C=C\C=CC=CC(=O)O[C@H](COC(=O)CCCCCCCCCCCCCCC)COP(=O)(O)OCC[N+](C)(C)C. The van der Waals surface area contributed by atoms with E-state index in [1.54, 1.807) is 12.2 Å². The average molecular weight is 755 g/mol. The number of carbonyl (C=O) groups excluding carboxylic acids is 2. The van der Waals surface area contributed by atoms with E-state index in [2.05, 4.69) is 19.9 Å². The Labute approximate surface area is 318 Å². The van der Waals surface area contributed by atoms with Crippen LogP contribution in [0.3, 0.4) is 0 Å². The van der Waals surface area contributed by atoms with Gasteiger partial charge in [-0.05, 0) is 19.3 Å². The maximum atomic E-state index is 12.5. The van der Waals surface area contributed by atoms with E-state index < -0.39 is 32.5 Å². The fourth-order valence-corrected chi connectivity index (χ4v) is 6.04. The Bertz CT molecular complexity index is 1030. The van der Waals surface area contributed by atoms with Crippen LogP contribution in [0, 0.1) is 0 Å². The molecule has 0 radical (unpaired) electrons. The molecular formula is C42H77NO8P+. The van der Waals surface area contributed by atoms with E-state index in [1.807, 2.05) is 39.4 Å². The second-order valence-corrected chi connectivity index (χ2v) is 16.3. The highest BCUT2D eigenvalue weighted by atomic mass is 31.2. The van der Waals surface area contributed by atoms with Crippen LogP contribution in [0.4, 0.5) is 0 Å². The predicted molar refractivity (Wildman–Crippen MR) is 215 cm³/mol. The highest BCUT2D eigenvalue weighted by Crippen LogP contribution is 2.43. The first-order valence-electron chi connectivity index (χ1n) is 20.4. The molecule has 2 atom stereocenters. The Balaban J connectivity index is 4.61. The van der Waals surface area contributed by atoms with Crippen molar-refractivity contribution in [2.24, 2.45) is 0 Å². The minimum Gasteiger partial charge on any atom is -0.462 e. The third-order valence-corrected chi connectivity index (χ3v) is 9.52. The summed E-state index contributed by atoms with van der Waals surface area (Å²) in [4.78, 5) is 35.1. The number of ether oxygens (including phenoxy) is 2.